The van der Waals surface area contributed by atoms with Gasteiger partial charge in [0.15, 0.2) is 0 Å². The zero-order valence-corrected chi connectivity index (χ0v) is 6.72. The maximum Gasteiger partial charge on any atom is 0.406 e. The largest absolute Gasteiger partial charge is 0.453 e. The van der Waals surface area contributed by atoms with E-state index < -0.39 is 0 Å². The zero-order valence-electron chi connectivity index (χ0n) is 6.72. The molecule has 0 radical (unpaired) electrons. The molecular weight excluding hydrogens is 144 g/mol. The van der Waals surface area contributed by atoms with Crippen LogP contribution in [-0.4, -0.2) is 32.8 Å². The fourth-order valence-corrected chi connectivity index (χ4v) is 1.19. The number of ether oxygens (including phenoxy) is 1. The summed E-state index contributed by atoms with van der Waals surface area (Å²) in [5.74, 6) is 0.578. The predicted molar refractivity (Wildman–Crippen MR) is 41.4 cm³/mol. The van der Waals surface area contributed by atoms with E-state index in [0.29, 0.717) is 5.92 Å². The van der Waals surface area contributed by atoms with E-state index in [1.807, 2.05) is 0 Å². The highest BCUT2D eigenvalue weighted by Crippen LogP contribution is 2.04. The lowest BCUT2D eigenvalue weighted by Crippen LogP contribution is -2.29. The Morgan fingerprint density at radius 2 is 2.64 bits per heavy atom. The van der Waals surface area contributed by atoms with E-state index in [-0.39, 0.29) is 6.09 Å². The summed E-state index contributed by atoms with van der Waals surface area (Å²) in [6.45, 7) is 2.79. The topological polar surface area (TPSA) is 50.4 Å². The third kappa shape index (κ3) is 2.76. The van der Waals surface area contributed by atoms with Crippen molar-refractivity contribution < 1.29 is 9.53 Å². The second-order valence-corrected chi connectivity index (χ2v) is 2.73. The van der Waals surface area contributed by atoms with Crippen LogP contribution in [0.3, 0.4) is 0 Å². The summed E-state index contributed by atoms with van der Waals surface area (Å²) in [6.07, 6.45) is 0.807. The van der Waals surface area contributed by atoms with Gasteiger partial charge in [0.25, 0.3) is 0 Å². The van der Waals surface area contributed by atoms with Gasteiger partial charge in [-0.15, -0.1) is 0 Å². The molecule has 1 saturated heterocycles. The molecule has 1 fully saturated rings. The number of rotatable bonds is 2. The molecule has 1 unspecified atom stereocenters. The molecule has 0 spiro atoms. The molecule has 11 heavy (non-hydrogen) atoms. The lowest BCUT2D eigenvalue weighted by Gasteiger charge is -2.08. The highest BCUT2D eigenvalue weighted by atomic mass is 16.5. The number of carbonyl (C=O) groups excluding carboxylic acids is 1. The Kier molecular flexibility index (Phi) is 3.16. The van der Waals surface area contributed by atoms with Crippen molar-refractivity contribution in [2.24, 2.45) is 5.92 Å². The summed E-state index contributed by atoms with van der Waals surface area (Å²) < 4.78 is 4.44. The summed E-state index contributed by atoms with van der Waals surface area (Å²) in [7, 11) is 1.38. The van der Waals surface area contributed by atoms with E-state index in [9.17, 15) is 4.79 Å². The number of hydrogen-bond donors (Lipinski definition) is 2. The van der Waals surface area contributed by atoms with E-state index in [0.717, 1.165) is 26.1 Å². The molecule has 1 rings (SSSR count). The first-order valence-corrected chi connectivity index (χ1v) is 3.85. The van der Waals surface area contributed by atoms with E-state index >= 15 is 0 Å². The van der Waals surface area contributed by atoms with Crippen molar-refractivity contribution in [2.45, 2.75) is 6.42 Å². The smallest absolute Gasteiger partial charge is 0.406 e. The first-order valence-electron chi connectivity index (χ1n) is 3.85. The van der Waals surface area contributed by atoms with Gasteiger partial charge in [-0.2, -0.15) is 0 Å². The van der Waals surface area contributed by atoms with Crippen LogP contribution < -0.4 is 10.6 Å². The van der Waals surface area contributed by atoms with Crippen molar-refractivity contribution in [3.05, 3.63) is 0 Å². The lowest BCUT2D eigenvalue weighted by molar-refractivity contribution is 0.169. The van der Waals surface area contributed by atoms with Gasteiger partial charge in [-0.25, -0.2) is 4.79 Å². The molecule has 0 aromatic carbocycles. The molecule has 64 valence electrons. The molecule has 4 nitrogen and oxygen atoms in total. The first-order chi connectivity index (χ1) is 5.33. The van der Waals surface area contributed by atoms with Crippen molar-refractivity contribution in [2.75, 3.05) is 26.7 Å². The van der Waals surface area contributed by atoms with E-state index in [1.165, 1.54) is 7.11 Å². The van der Waals surface area contributed by atoms with E-state index in [4.69, 9.17) is 0 Å². The van der Waals surface area contributed by atoms with Gasteiger partial charge in [0.05, 0.1) is 7.11 Å². The number of alkyl carbamates (subject to hydrolysis) is 1. The summed E-state index contributed by atoms with van der Waals surface area (Å²) in [5, 5.41) is 5.90. The summed E-state index contributed by atoms with van der Waals surface area (Å²) in [5.41, 5.74) is 0. The monoisotopic (exact) mass is 158 g/mol. The third-order valence-corrected chi connectivity index (χ3v) is 1.88. The molecule has 2 N–H and O–H groups in total. The summed E-state index contributed by atoms with van der Waals surface area (Å²) in [6, 6.07) is 0. The molecule has 0 aromatic rings. The molecular formula is C7H14N2O2. The molecule has 1 atom stereocenters. The van der Waals surface area contributed by atoms with Crippen LogP contribution in [0, 0.1) is 5.92 Å². The highest BCUT2D eigenvalue weighted by molar-refractivity contribution is 5.66. The Morgan fingerprint density at radius 3 is 3.18 bits per heavy atom. The van der Waals surface area contributed by atoms with Gasteiger partial charge in [0.1, 0.15) is 0 Å². The fourth-order valence-electron chi connectivity index (χ4n) is 1.19. The van der Waals surface area contributed by atoms with Gasteiger partial charge in [-0.1, -0.05) is 0 Å². The van der Waals surface area contributed by atoms with Crippen LogP contribution in [-0.2, 0) is 4.74 Å². The number of carbonyl (C=O) groups is 1. The summed E-state index contributed by atoms with van der Waals surface area (Å²) in [4.78, 5) is 10.6. The normalized spacial score (nSPS) is 23.2. The van der Waals surface area contributed by atoms with Crippen LogP contribution in [0.25, 0.3) is 0 Å². The molecule has 0 aliphatic carbocycles. The predicted octanol–water partition coefficient (Wildman–Crippen LogP) is -0.0481. The Morgan fingerprint density at radius 1 is 1.82 bits per heavy atom. The van der Waals surface area contributed by atoms with Gasteiger partial charge in [0.2, 0.25) is 0 Å². The second-order valence-electron chi connectivity index (χ2n) is 2.73. The van der Waals surface area contributed by atoms with Gasteiger partial charge in [0, 0.05) is 6.54 Å². The molecule has 4 heteroatoms. The molecule has 0 saturated carbocycles. The van der Waals surface area contributed by atoms with Gasteiger partial charge >= 0.3 is 6.09 Å². The quantitative estimate of drug-likeness (QED) is 0.592. The second kappa shape index (κ2) is 4.18. The van der Waals surface area contributed by atoms with Gasteiger partial charge < -0.3 is 15.4 Å². The molecule has 1 aliphatic heterocycles. The SMILES string of the molecule is COC(=O)NCC1CCNC1. The average Bonchev–Trinajstić information content (AvgIpc) is 2.52. The number of methoxy groups -OCH3 is 1. The van der Waals surface area contributed by atoms with Crippen molar-refractivity contribution in [1.82, 2.24) is 10.6 Å². The molecule has 0 bridgehead atoms. The minimum absolute atomic E-state index is 0.336. The highest BCUT2D eigenvalue weighted by Gasteiger charge is 2.14. The first kappa shape index (κ1) is 8.33. The Labute approximate surface area is 66.3 Å². The van der Waals surface area contributed by atoms with Crippen LogP contribution in [0.1, 0.15) is 6.42 Å². The average molecular weight is 158 g/mol. The van der Waals surface area contributed by atoms with E-state index in [2.05, 4.69) is 15.4 Å². The lowest BCUT2D eigenvalue weighted by atomic mass is 10.1. The van der Waals surface area contributed by atoms with Crippen LogP contribution >= 0.6 is 0 Å². The van der Waals surface area contributed by atoms with Gasteiger partial charge in [-0.3, -0.25) is 0 Å². The molecule has 1 amide bonds. The Bertz CT molecular complexity index is 132. The standard InChI is InChI=1S/C7H14N2O2/c1-11-7(10)9-5-6-2-3-8-4-6/h6,8H,2-5H2,1H3,(H,9,10). The van der Waals surface area contributed by atoms with Crippen LogP contribution in [0.5, 0.6) is 0 Å². The molecule has 1 aliphatic rings. The van der Waals surface area contributed by atoms with Gasteiger partial charge in [-0.05, 0) is 25.4 Å². The van der Waals surface area contributed by atoms with Crippen molar-refractivity contribution in [1.29, 1.82) is 0 Å². The minimum Gasteiger partial charge on any atom is -0.453 e. The summed E-state index contributed by atoms with van der Waals surface area (Å²) >= 11 is 0. The Balaban J connectivity index is 2.06. The Hall–Kier alpha value is -0.770. The van der Waals surface area contributed by atoms with Crippen LogP contribution in [0.4, 0.5) is 4.79 Å². The van der Waals surface area contributed by atoms with Crippen molar-refractivity contribution in [3.8, 4) is 0 Å². The molecule has 0 aromatic heterocycles. The third-order valence-electron chi connectivity index (χ3n) is 1.88. The number of amides is 1. The van der Waals surface area contributed by atoms with Crippen molar-refractivity contribution >= 4 is 6.09 Å². The molecule has 1 heterocycles. The maximum absolute atomic E-state index is 10.6. The maximum atomic E-state index is 10.6. The van der Waals surface area contributed by atoms with Crippen molar-refractivity contribution in [3.63, 3.8) is 0 Å². The minimum atomic E-state index is -0.336. The van der Waals surface area contributed by atoms with Crippen LogP contribution in [0.2, 0.25) is 0 Å². The van der Waals surface area contributed by atoms with E-state index in [1.54, 1.807) is 0 Å². The number of nitrogens with one attached hydrogen (secondary N) is 2. The number of hydrogen-bond acceptors (Lipinski definition) is 3. The zero-order chi connectivity index (χ0) is 8.10. The fraction of sp³-hybridized carbons (Fsp3) is 0.857. The van der Waals surface area contributed by atoms with Crippen LogP contribution in [0.15, 0.2) is 0 Å².